The Balaban J connectivity index is 5.11. The monoisotopic (exact) mass is 186 g/mol. The van der Waals surface area contributed by atoms with Crippen LogP contribution in [-0.2, 0) is 0 Å². The molecule has 0 aliphatic heterocycles. The van der Waals surface area contributed by atoms with Crippen molar-refractivity contribution < 1.29 is 4.58 Å². The summed E-state index contributed by atoms with van der Waals surface area (Å²) in [5, 5.41) is 0. The van der Waals surface area contributed by atoms with E-state index in [1.165, 1.54) is 5.96 Å². The third-order valence-corrected chi connectivity index (χ3v) is 2.11. The molecule has 78 valence electrons. The summed E-state index contributed by atoms with van der Waals surface area (Å²) in [5.74, 6) is 1.22. The van der Waals surface area contributed by atoms with Gasteiger partial charge in [-0.1, -0.05) is 0 Å². The van der Waals surface area contributed by atoms with Crippen molar-refractivity contribution in [3.63, 3.8) is 0 Å². The van der Waals surface area contributed by atoms with Crippen LogP contribution in [-0.4, -0.2) is 61.1 Å². The molecule has 0 aromatic carbocycles. The van der Waals surface area contributed by atoms with Crippen molar-refractivity contribution in [1.29, 1.82) is 0 Å². The van der Waals surface area contributed by atoms with Gasteiger partial charge in [0.1, 0.15) is 0 Å². The first-order valence-corrected chi connectivity index (χ1v) is 4.63. The first-order valence-electron chi connectivity index (χ1n) is 4.63. The van der Waals surface area contributed by atoms with Gasteiger partial charge in [-0.25, -0.2) is 0 Å². The van der Waals surface area contributed by atoms with Gasteiger partial charge >= 0.3 is 5.96 Å². The zero-order chi connectivity index (χ0) is 10.8. The second kappa shape index (κ2) is 3.99. The third-order valence-electron chi connectivity index (χ3n) is 2.11. The number of hydrogen-bond acceptors (Lipinski definition) is 0. The molecule has 0 fully saturated rings. The lowest BCUT2D eigenvalue weighted by molar-refractivity contribution is -0.578. The fourth-order valence-corrected chi connectivity index (χ4v) is 1.30. The minimum atomic E-state index is 0.157. The molecule has 0 radical (unpaired) electrons. The Morgan fingerprint density at radius 2 is 1.23 bits per heavy atom. The summed E-state index contributed by atoms with van der Waals surface area (Å²) in [6, 6.07) is 0. The van der Waals surface area contributed by atoms with Gasteiger partial charge in [-0.2, -0.15) is 0 Å². The van der Waals surface area contributed by atoms with Crippen molar-refractivity contribution in [1.82, 2.24) is 9.80 Å². The smallest absolute Gasteiger partial charge is 0.270 e. The molecule has 3 heteroatoms. The lowest BCUT2D eigenvalue weighted by Crippen LogP contribution is -2.47. The van der Waals surface area contributed by atoms with Crippen LogP contribution < -0.4 is 0 Å². The van der Waals surface area contributed by atoms with Crippen molar-refractivity contribution >= 4 is 5.96 Å². The molecular formula is C10H24N3+. The van der Waals surface area contributed by atoms with Crippen LogP contribution in [0.2, 0.25) is 0 Å². The Hall–Kier alpha value is -0.730. The summed E-state index contributed by atoms with van der Waals surface area (Å²) < 4.78 is 2.27. The molecule has 0 atom stereocenters. The van der Waals surface area contributed by atoms with Crippen molar-refractivity contribution in [2.45, 2.75) is 26.3 Å². The Labute approximate surface area is 82.6 Å². The molecular weight excluding hydrogens is 162 g/mol. The SMILES string of the molecule is CN(C)C(N(C)C)=[N+](C)C(C)(C)C. The van der Waals surface area contributed by atoms with Gasteiger partial charge in [-0.15, -0.1) is 0 Å². The summed E-state index contributed by atoms with van der Waals surface area (Å²) in [6.07, 6.45) is 0. The van der Waals surface area contributed by atoms with E-state index in [0.29, 0.717) is 0 Å². The van der Waals surface area contributed by atoms with Gasteiger partial charge in [0.2, 0.25) is 0 Å². The second-order valence-corrected chi connectivity index (χ2v) is 4.82. The van der Waals surface area contributed by atoms with E-state index in [-0.39, 0.29) is 5.54 Å². The van der Waals surface area contributed by atoms with E-state index in [1.54, 1.807) is 0 Å². The predicted molar refractivity (Wildman–Crippen MR) is 58.3 cm³/mol. The summed E-state index contributed by atoms with van der Waals surface area (Å²) >= 11 is 0. The summed E-state index contributed by atoms with van der Waals surface area (Å²) in [5.41, 5.74) is 0.157. The van der Waals surface area contributed by atoms with E-state index in [2.05, 4.69) is 70.4 Å². The average molecular weight is 186 g/mol. The van der Waals surface area contributed by atoms with Crippen LogP contribution in [0.4, 0.5) is 0 Å². The molecule has 0 saturated carbocycles. The van der Waals surface area contributed by atoms with Gasteiger partial charge in [0, 0.05) is 0 Å². The second-order valence-electron chi connectivity index (χ2n) is 4.82. The van der Waals surface area contributed by atoms with Crippen LogP contribution in [0.15, 0.2) is 0 Å². The molecule has 0 spiro atoms. The molecule has 0 aliphatic carbocycles. The van der Waals surface area contributed by atoms with Crippen LogP contribution >= 0.6 is 0 Å². The highest BCUT2D eigenvalue weighted by Gasteiger charge is 2.24. The topological polar surface area (TPSA) is 9.49 Å². The van der Waals surface area contributed by atoms with Crippen molar-refractivity contribution in [3.8, 4) is 0 Å². The predicted octanol–water partition coefficient (Wildman–Crippen LogP) is 0.906. The standard InChI is InChI=1S/C10H24N3/c1-10(2,3)13(8)9(11(4)5)12(6)7/h1-8H3/q+1. The lowest BCUT2D eigenvalue weighted by Gasteiger charge is -2.27. The number of rotatable bonds is 0. The van der Waals surface area contributed by atoms with Gasteiger partial charge in [0.25, 0.3) is 0 Å². The maximum atomic E-state index is 2.27. The zero-order valence-electron chi connectivity index (χ0n) is 10.3. The summed E-state index contributed by atoms with van der Waals surface area (Å²) in [6.45, 7) is 6.62. The molecule has 0 amide bonds. The van der Waals surface area contributed by atoms with Gasteiger partial charge < -0.3 is 0 Å². The van der Waals surface area contributed by atoms with Crippen LogP contribution in [0.3, 0.4) is 0 Å². The highest BCUT2D eigenvalue weighted by molar-refractivity contribution is 5.74. The average Bonchev–Trinajstić information content (AvgIpc) is 1.82. The first kappa shape index (κ1) is 12.3. The molecule has 0 aromatic heterocycles. The maximum absolute atomic E-state index is 2.27. The Kier molecular flexibility index (Phi) is 3.76. The molecule has 0 saturated heterocycles. The van der Waals surface area contributed by atoms with E-state index in [4.69, 9.17) is 0 Å². The van der Waals surface area contributed by atoms with Gasteiger partial charge in [-0.3, -0.25) is 14.4 Å². The van der Waals surface area contributed by atoms with Crippen LogP contribution in [0.25, 0.3) is 0 Å². The lowest BCUT2D eigenvalue weighted by atomic mass is 10.1. The van der Waals surface area contributed by atoms with Crippen LogP contribution in [0, 0.1) is 0 Å². The minimum Gasteiger partial charge on any atom is -0.270 e. The fourth-order valence-electron chi connectivity index (χ4n) is 1.30. The number of guanidine groups is 1. The number of hydrogen-bond donors (Lipinski definition) is 0. The van der Waals surface area contributed by atoms with Crippen molar-refractivity contribution in [2.24, 2.45) is 0 Å². The molecule has 0 bridgehead atoms. The molecule has 0 rings (SSSR count). The number of nitrogens with zero attached hydrogens (tertiary/aromatic N) is 3. The van der Waals surface area contributed by atoms with E-state index >= 15 is 0 Å². The van der Waals surface area contributed by atoms with E-state index in [1.807, 2.05) is 0 Å². The maximum Gasteiger partial charge on any atom is 0.349 e. The van der Waals surface area contributed by atoms with Gasteiger partial charge in [0.05, 0.1) is 40.8 Å². The molecule has 13 heavy (non-hydrogen) atoms. The van der Waals surface area contributed by atoms with Crippen molar-refractivity contribution in [3.05, 3.63) is 0 Å². The summed E-state index contributed by atoms with van der Waals surface area (Å²) in [7, 11) is 10.4. The van der Waals surface area contributed by atoms with Gasteiger partial charge in [0.15, 0.2) is 0 Å². The molecule has 3 nitrogen and oxygen atoms in total. The van der Waals surface area contributed by atoms with E-state index in [0.717, 1.165) is 0 Å². The summed E-state index contributed by atoms with van der Waals surface area (Å²) in [4.78, 5) is 4.26. The van der Waals surface area contributed by atoms with Gasteiger partial charge in [-0.05, 0) is 20.8 Å². The highest BCUT2D eigenvalue weighted by Crippen LogP contribution is 2.06. The van der Waals surface area contributed by atoms with E-state index < -0.39 is 0 Å². The molecule has 0 N–H and O–H groups in total. The third kappa shape index (κ3) is 3.25. The minimum absolute atomic E-state index is 0.157. The highest BCUT2D eigenvalue weighted by atomic mass is 15.4. The normalized spacial score (nSPS) is 11.1. The van der Waals surface area contributed by atoms with Crippen LogP contribution in [0.5, 0.6) is 0 Å². The Bertz CT molecular complexity index is 187. The Morgan fingerprint density at radius 3 is 1.31 bits per heavy atom. The fraction of sp³-hybridized carbons (Fsp3) is 0.900. The molecule has 0 aliphatic rings. The van der Waals surface area contributed by atoms with E-state index in [9.17, 15) is 0 Å². The molecule has 0 unspecified atom stereocenters. The molecule has 0 aromatic rings. The molecule has 0 heterocycles. The Morgan fingerprint density at radius 1 is 0.923 bits per heavy atom. The first-order chi connectivity index (χ1) is 5.68. The van der Waals surface area contributed by atoms with Crippen LogP contribution in [0.1, 0.15) is 20.8 Å². The van der Waals surface area contributed by atoms with Crippen molar-refractivity contribution in [2.75, 3.05) is 35.2 Å². The quantitative estimate of drug-likeness (QED) is 0.316. The largest absolute Gasteiger partial charge is 0.349 e. The zero-order valence-corrected chi connectivity index (χ0v) is 10.3.